The summed E-state index contributed by atoms with van der Waals surface area (Å²) in [6.45, 7) is 5.52. The maximum absolute atomic E-state index is 10.7. The second kappa shape index (κ2) is 16.6. The zero-order valence-electron chi connectivity index (χ0n) is 27.7. The summed E-state index contributed by atoms with van der Waals surface area (Å²) in [6.07, 6.45) is 1.89. The van der Waals surface area contributed by atoms with E-state index >= 15 is 0 Å². The van der Waals surface area contributed by atoms with Crippen LogP contribution in [0.1, 0.15) is 20.8 Å². The molecule has 0 unspecified atom stereocenters. The van der Waals surface area contributed by atoms with Crippen LogP contribution in [-0.4, -0.2) is 115 Å². The van der Waals surface area contributed by atoms with Gasteiger partial charge >= 0.3 is 0 Å². The van der Waals surface area contributed by atoms with Crippen molar-refractivity contribution in [1.82, 2.24) is 8.61 Å². The van der Waals surface area contributed by atoms with Crippen LogP contribution in [0, 0.1) is 0 Å². The molecule has 18 heteroatoms. The lowest BCUT2D eigenvalue weighted by Crippen LogP contribution is -2.30. The summed E-state index contributed by atoms with van der Waals surface area (Å²) < 4.78 is 108. The molecule has 0 atom stereocenters. The molecule has 0 heterocycles. The molecule has 0 aromatic heterocycles. The monoisotopic (exact) mass is 738 g/mol. The largest absolute Gasteiger partial charge is 0.748 e. The van der Waals surface area contributed by atoms with Gasteiger partial charge in [0.05, 0.1) is 39.7 Å². The molecule has 4 aromatic rings. The van der Waals surface area contributed by atoms with E-state index in [4.69, 9.17) is 15.0 Å². The molecule has 0 aliphatic carbocycles. The third-order valence-corrected chi connectivity index (χ3v) is 10.6. The SMILES string of the molecule is CN(CCS(=O)(=O)O)S(C)(=O)=O.CN(CCS(=O)(=O)[O-])S(C)(=O)=O.COC(C)(C)C.Nc1ccc2ccc3cccc4ccc1c2c34. The van der Waals surface area contributed by atoms with E-state index in [2.05, 4.69) is 48.5 Å². The molecular weight excluding hydrogens is 695 g/mol. The maximum Gasteiger partial charge on any atom is 0.266 e. The van der Waals surface area contributed by atoms with E-state index in [0.29, 0.717) is 0 Å². The molecule has 266 valence electrons. The van der Waals surface area contributed by atoms with Gasteiger partial charge in [-0.2, -0.15) is 8.42 Å². The first-order chi connectivity index (χ1) is 21.2. The van der Waals surface area contributed by atoms with Crippen LogP contribution in [0.25, 0.3) is 32.3 Å². The Kier molecular flexibility index (Phi) is 15.0. The standard InChI is InChI=1S/C16H11N.C5H12O.2C4H11NO5S2/c17-14-9-7-12-5-4-10-2-1-3-11-6-8-13(14)16(12)15(10)11;1-5(2,3)6-4;2*1-5(11(2,6)7)3-4-12(8,9)10/h1-9H,17H2;1-4H3;2*3-4H2,1-2H3,(H,8,9,10)/p-1. The lowest BCUT2D eigenvalue weighted by molar-refractivity contribution is 0.0397. The molecule has 0 fully saturated rings. The predicted octanol–water partition coefficient (Wildman–Crippen LogP) is 2.79. The van der Waals surface area contributed by atoms with Crippen molar-refractivity contribution in [1.29, 1.82) is 0 Å². The molecule has 0 saturated heterocycles. The van der Waals surface area contributed by atoms with E-state index in [9.17, 15) is 38.2 Å². The number of hydrogen-bond donors (Lipinski definition) is 2. The van der Waals surface area contributed by atoms with Crippen molar-refractivity contribution in [2.75, 3.05) is 64.0 Å². The molecule has 0 radical (unpaired) electrons. The number of hydrogen-bond acceptors (Lipinski definition) is 11. The zero-order valence-corrected chi connectivity index (χ0v) is 30.9. The smallest absolute Gasteiger partial charge is 0.266 e. The van der Waals surface area contributed by atoms with Crippen LogP contribution >= 0.6 is 0 Å². The molecule has 3 N–H and O–H groups in total. The van der Waals surface area contributed by atoms with E-state index in [-0.39, 0.29) is 18.7 Å². The minimum atomic E-state index is -4.34. The van der Waals surface area contributed by atoms with E-state index < -0.39 is 51.8 Å². The topological polar surface area (TPSA) is 222 Å². The van der Waals surface area contributed by atoms with Crippen LogP contribution in [0.4, 0.5) is 5.69 Å². The maximum atomic E-state index is 10.7. The van der Waals surface area contributed by atoms with Gasteiger partial charge in [0.15, 0.2) is 0 Å². The van der Waals surface area contributed by atoms with Crippen LogP contribution in [0.3, 0.4) is 0 Å². The van der Waals surface area contributed by atoms with Crippen molar-refractivity contribution >= 4 is 78.3 Å². The molecule has 47 heavy (non-hydrogen) atoms. The summed E-state index contributed by atoms with van der Waals surface area (Å²) in [7, 11) is -11.0. The number of anilines is 1. The van der Waals surface area contributed by atoms with Crippen LogP contribution in [-0.2, 0) is 45.0 Å². The van der Waals surface area contributed by atoms with Crippen molar-refractivity contribution in [2.24, 2.45) is 0 Å². The molecule has 0 spiro atoms. The number of methoxy groups -OCH3 is 1. The van der Waals surface area contributed by atoms with Gasteiger partial charge < -0.3 is 15.0 Å². The van der Waals surface area contributed by atoms with E-state index in [1.165, 1.54) is 41.0 Å². The summed E-state index contributed by atoms with van der Waals surface area (Å²) in [6, 6.07) is 19.1. The van der Waals surface area contributed by atoms with Gasteiger partial charge in [-0.1, -0.05) is 48.5 Å². The second-order valence-electron chi connectivity index (χ2n) is 11.5. The third-order valence-electron chi connectivity index (χ3n) is 6.63. The fraction of sp³-hybridized carbons (Fsp3) is 0.448. The average molecular weight is 739 g/mol. The van der Waals surface area contributed by atoms with E-state index in [0.717, 1.165) is 32.2 Å². The van der Waals surface area contributed by atoms with Crippen molar-refractivity contribution in [3.05, 3.63) is 54.6 Å². The Balaban J connectivity index is 0.000000333. The highest BCUT2D eigenvalue weighted by Gasteiger charge is 2.14. The van der Waals surface area contributed by atoms with Crippen molar-refractivity contribution in [3.8, 4) is 0 Å². The Labute approximate surface area is 278 Å². The predicted molar refractivity (Wildman–Crippen MR) is 187 cm³/mol. The Morgan fingerprint density at radius 2 is 1.11 bits per heavy atom. The fourth-order valence-electron chi connectivity index (χ4n) is 3.57. The highest BCUT2D eigenvalue weighted by Crippen LogP contribution is 2.36. The number of nitrogens with zero attached hydrogens (tertiary/aromatic N) is 2. The van der Waals surface area contributed by atoms with Gasteiger partial charge in [0.2, 0.25) is 20.0 Å². The van der Waals surface area contributed by atoms with Crippen molar-refractivity contribution < 1.29 is 47.5 Å². The summed E-state index contributed by atoms with van der Waals surface area (Å²) in [5, 5.41) is 7.61. The fourth-order valence-corrected chi connectivity index (χ4v) is 5.65. The first kappa shape index (κ1) is 42.3. The number of ether oxygens (including phenoxy) is 1. The molecule has 4 rings (SSSR count). The number of nitrogen functional groups attached to an aromatic ring is 1. The van der Waals surface area contributed by atoms with Crippen LogP contribution in [0.15, 0.2) is 54.6 Å². The normalized spacial score (nSPS) is 12.8. The molecule has 14 nitrogen and oxygen atoms in total. The molecule has 0 amide bonds. The Bertz CT molecular complexity index is 1980. The Morgan fingerprint density at radius 3 is 1.49 bits per heavy atom. The number of rotatable bonds is 8. The lowest BCUT2D eigenvalue weighted by atomic mass is 9.94. The van der Waals surface area contributed by atoms with Gasteiger partial charge in [-0.3, -0.25) is 4.55 Å². The minimum Gasteiger partial charge on any atom is -0.748 e. The summed E-state index contributed by atoms with van der Waals surface area (Å²) in [5.41, 5.74) is 6.97. The summed E-state index contributed by atoms with van der Waals surface area (Å²) in [4.78, 5) is 0. The molecular formula is C29H44N3O11S4-. The lowest BCUT2D eigenvalue weighted by Gasteiger charge is -2.14. The average Bonchev–Trinajstić information content (AvgIpc) is 2.93. The van der Waals surface area contributed by atoms with Gasteiger partial charge in [0.1, 0.15) is 0 Å². The van der Waals surface area contributed by atoms with Gasteiger partial charge in [-0.05, 0) is 53.8 Å². The van der Waals surface area contributed by atoms with E-state index in [1.54, 1.807) is 7.11 Å². The molecule has 0 saturated carbocycles. The van der Waals surface area contributed by atoms with Crippen molar-refractivity contribution in [2.45, 2.75) is 26.4 Å². The van der Waals surface area contributed by atoms with Crippen molar-refractivity contribution in [3.63, 3.8) is 0 Å². The zero-order chi connectivity index (χ0) is 36.6. The molecule has 4 aromatic carbocycles. The minimum absolute atomic E-state index is 0.0417. The van der Waals surface area contributed by atoms with Gasteiger partial charge in [0.25, 0.3) is 10.1 Å². The van der Waals surface area contributed by atoms with Crippen LogP contribution in [0.2, 0.25) is 0 Å². The summed E-state index contributed by atoms with van der Waals surface area (Å²) >= 11 is 0. The Hall–Kier alpha value is -2.68. The quantitative estimate of drug-likeness (QED) is 0.151. The highest BCUT2D eigenvalue weighted by molar-refractivity contribution is 7.89. The second-order valence-corrected chi connectivity index (χ2v) is 18.8. The number of benzene rings is 4. The summed E-state index contributed by atoms with van der Waals surface area (Å²) in [5.74, 6) is -1.28. The Morgan fingerprint density at radius 1 is 0.723 bits per heavy atom. The molecule has 0 aliphatic heterocycles. The van der Waals surface area contributed by atoms with E-state index in [1.807, 2.05) is 26.8 Å². The van der Waals surface area contributed by atoms with Gasteiger partial charge in [-0.25, -0.2) is 33.9 Å². The van der Waals surface area contributed by atoms with Crippen LogP contribution < -0.4 is 5.73 Å². The van der Waals surface area contributed by atoms with Gasteiger partial charge in [0, 0.05) is 45.4 Å². The first-order valence-electron chi connectivity index (χ1n) is 13.8. The van der Waals surface area contributed by atoms with Crippen LogP contribution in [0.5, 0.6) is 0 Å². The molecule has 0 aliphatic rings. The van der Waals surface area contributed by atoms with Gasteiger partial charge in [-0.15, -0.1) is 0 Å². The first-order valence-corrected chi connectivity index (χ1v) is 20.7. The third kappa shape index (κ3) is 15.4. The highest BCUT2D eigenvalue weighted by atomic mass is 32.2. The number of nitrogens with two attached hydrogens (primary N) is 1. The number of sulfonamides is 2. The molecule has 0 bridgehead atoms.